The Balaban J connectivity index is 1.37. The van der Waals surface area contributed by atoms with E-state index in [0.29, 0.717) is 44.9 Å². The minimum atomic E-state index is -3.71. The van der Waals surface area contributed by atoms with Crippen molar-refractivity contribution in [3.8, 4) is 0 Å². The number of hydrogen-bond acceptors (Lipinski definition) is 4. The van der Waals surface area contributed by atoms with E-state index in [1.54, 1.807) is 0 Å². The number of ether oxygens (including phenoxy) is 1. The molecule has 1 aromatic rings. The lowest BCUT2D eigenvalue weighted by Crippen LogP contribution is -2.51. The zero-order valence-electron chi connectivity index (χ0n) is 16.7. The van der Waals surface area contributed by atoms with Crippen LogP contribution in [0.3, 0.4) is 0 Å². The lowest BCUT2D eigenvalue weighted by Gasteiger charge is -2.46. The monoisotopic (exact) mass is 424 g/mol. The zero-order chi connectivity index (χ0) is 20.5. The topological polar surface area (TPSA) is 66.9 Å². The summed E-state index contributed by atoms with van der Waals surface area (Å²) in [6.45, 7) is 3.08. The van der Waals surface area contributed by atoms with E-state index in [0.717, 1.165) is 44.8 Å². The van der Waals surface area contributed by atoms with Gasteiger partial charge in [0, 0.05) is 39.2 Å². The molecule has 3 heterocycles. The number of nitrogens with zero attached hydrogens (tertiary/aromatic N) is 2. The fourth-order valence-corrected chi connectivity index (χ4v) is 6.38. The molecule has 0 saturated carbocycles. The van der Waals surface area contributed by atoms with E-state index in [-0.39, 0.29) is 16.4 Å². The predicted octanol–water partition coefficient (Wildman–Crippen LogP) is 2.79. The minimum absolute atomic E-state index is 0.00732. The Morgan fingerprint density at radius 3 is 2.59 bits per heavy atom. The molecule has 3 saturated heterocycles. The molecule has 0 N–H and O–H groups in total. The summed E-state index contributed by atoms with van der Waals surface area (Å²) in [6, 6.07) is 5.15. The standard InChI is InChI=1S/C21H29FN2O4S/c22-18-4-3-5-19(15-18)29(26,27)24-11-7-21(8-12-24)16-17(6-13-28-21)14-20(25)23-9-1-2-10-23/h3-5,15,17H,1-2,6-14,16H2. The van der Waals surface area contributed by atoms with Gasteiger partial charge in [-0.15, -0.1) is 0 Å². The van der Waals surface area contributed by atoms with Gasteiger partial charge in [0.25, 0.3) is 0 Å². The van der Waals surface area contributed by atoms with E-state index in [1.165, 1.54) is 22.5 Å². The molecule has 3 fully saturated rings. The van der Waals surface area contributed by atoms with Gasteiger partial charge in [-0.1, -0.05) is 6.07 Å². The number of likely N-dealkylation sites (tertiary alicyclic amines) is 1. The highest BCUT2D eigenvalue weighted by atomic mass is 32.2. The van der Waals surface area contributed by atoms with Crippen molar-refractivity contribution in [2.75, 3.05) is 32.8 Å². The summed E-state index contributed by atoms with van der Waals surface area (Å²) in [7, 11) is -3.71. The molecule has 0 aromatic heterocycles. The number of carbonyl (C=O) groups is 1. The van der Waals surface area contributed by atoms with Gasteiger partial charge in [-0.2, -0.15) is 4.31 Å². The molecule has 1 unspecified atom stereocenters. The average molecular weight is 425 g/mol. The third-order valence-electron chi connectivity index (χ3n) is 6.58. The molecule has 0 bridgehead atoms. The molecule has 29 heavy (non-hydrogen) atoms. The van der Waals surface area contributed by atoms with Crippen molar-refractivity contribution in [1.82, 2.24) is 9.21 Å². The third-order valence-corrected chi connectivity index (χ3v) is 8.48. The Bertz CT molecular complexity index is 846. The molecule has 3 aliphatic rings. The van der Waals surface area contributed by atoms with Crippen molar-refractivity contribution in [2.45, 2.75) is 55.4 Å². The van der Waals surface area contributed by atoms with Crippen LogP contribution in [0.15, 0.2) is 29.2 Å². The molecule has 1 spiro atoms. The van der Waals surface area contributed by atoms with Crippen LogP contribution in [0.25, 0.3) is 0 Å². The molecule has 4 rings (SSSR count). The van der Waals surface area contributed by atoms with Gasteiger partial charge in [0.2, 0.25) is 15.9 Å². The van der Waals surface area contributed by atoms with Crippen LogP contribution in [0.4, 0.5) is 4.39 Å². The van der Waals surface area contributed by atoms with Gasteiger partial charge >= 0.3 is 0 Å². The van der Waals surface area contributed by atoms with E-state index in [9.17, 15) is 17.6 Å². The predicted molar refractivity (Wildman–Crippen MR) is 106 cm³/mol. The van der Waals surface area contributed by atoms with Crippen LogP contribution >= 0.6 is 0 Å². The zero-order valence-corrected chi connectivity index (χ0v) is 17.5. The van der Waals surface area contributed by atoms with E-state index < -0.39 is 15.8 Å². The summed E-state index contributed by atoms with van der Waals surface area (Å²) >= 11 is 0. The first-order chi connectivity index (χ1) is 13.9. The number of benzene rings is 1. The van der Waals surface area contributed by atoms with Crippen LogP contribution in [-0.4, -0.2) is 61.9 Å². The Morgan fingerprint density at radius 2 is 1.90 bits per heavy atom. The van der Waals surface area contributed by atoms with E-state index >= 15 is 0 Å². The molecule has 1 atom stereocenters. The maximum Gasteiger partial charge on any atom is 0.243 e. The largest absolute Gasteiger partial charge is 0.375 e. The first kappa shape index (κ1) is 20.8. The Hall–Kier alpha value is -1.51. The summed E-state index contributed by atoms with van der Waals surface area (Å²) in [4.78, 5) is 14.5. The number of carbonyl (C=O) groups excluding carboxylic acids is 1. The first-order valence-electron chi connectivity index (χ1n) is 10.6. The summed E-state index contributed by atoms with van der Waals surface area (Å²) < 4.78 is 46.7. The highest BCUT2D eigenvalue weighted by molar-refractivity contribution is 7.89. The summed E-state index contributed by atoms with van der Waals surface area (Å²) in [6.07, 6.45) is 5.66. The molecule has 3 aliphatic heterocycles. The summed E-state index contributed by atoms with van der Waals surface area (Å²) in [5.41, 5.74) is -0.345. The van der Waals surface area contributed by atoms with E-state index in [4.69, 9.17) is 4.74 Å². The van der Waals surface area contributed by atoms with Crippen molar-refractivity contribution in [3.63, 3.8) is 0 Å². The second kappa shape index (κ2) is 8.32. The van der Waals surface area contributed by atoms with Crippen LogP contribution in [0.5, 0.6) is 0 Å². The Labute approximate surface area is 172 Å². The summed E-state index contributed by atoms with van der Waals surface area (Å²) in [5, 5.41) is 0. The molecule has 6 nitrogen and oxygen atoms in total. The van der Waals surface area contributed by atoms with Gasteiger partial charge in [-0.05, 0) is 62.6 Å². The lowest BCUT2D eigenvalue weighted by molar-refractivity contribution is -0.139. The SMILES string of the molecule is O=C(CC1CCOC2(CCN(S(=O)(=O)c3cccc(F)c3)CC2)C1)N1CCCC1. The highest BCUT2D eigenvalue weighted by Gasteiger charge is 2.43. The van der Waals surface area contributed by atoms with E-state index in [1.807, 2.05) is 4.90 Å². The maximum atomic E-state index is 13.5. The molecule has 8 heteroatoms. The third kappa shape index (κ3) is 4.49. The lowest BCUT2D eigenvalue weighted by atomic mass is 9.78. The van der Waals surface area contributed by atoms with E-state index in [2.05, 4.69) is 0 Å². The molecular weight excluding hydrogens is 395 g/mol. The van der Waals surface area contributed by atoms with Gasteiger partial charge in [0.1, 0.15) is 5.82 Å². The molecule has 160 valence electrons. The fraction of sp³-hybridized carbons (Fsp3) is 0.667. The van der Waals surface area contributed by atoms with Crippen LogP contribution in [-0.2, 0) is 19.6 Å². The molecule has 1 aromatic carbocycles. The first-order valence-corrected chi connectivity index (χ1v) is 12.0. The Kier molecular flexibility index (Phi) is 5.95. The number of amides is 1. The van der Waals surface area contributed by atoms with Gasteiger partial charge in [0.05, 0.1) is 10.5 Å². The van der Waals surface area contributed by atoms with Crippen molar-refractivity contribution >= 4 is 15.9 Å². The quantitative estimate of drug-likeness (QED) is 0.746. The van der Waals surface area contributed by atoms with Crippen molar-refractivity contribution in [1.29, 1.82) is 0 Å². The smallest absolute Gasteiger partial charge is 0.243 e. The van der Waals surface area contributed by atoms with Gasteiger partial charge in [-0.25, -0.2) is 12.8 Å². The van der Waals surface area contributed by atoms with Crippen molar-refractivity contribution in [2.24, 2.45) is 5.92 Å². The second-order valence-corrected chi connectivity index (χ2v) is 10.5. The number of hydrogen-bond donors (Lipinski definition) is 0. The number of piperidine rings is 1. The maximum absolute atomic E-state index is 13.5. The van der Waals surface area contributed by atoms with Gasteiger partial charge < -0.3 is 9.64 Å². The van der Waals surface area contributed by atoms with Crippen LogP contribution < -0.4 is 0 Å². The fourth-order valence-electron chi connectivity index (χ4n) is 4.91. The Morgan fingerprint density at radius 1 is 1.17 bits per heavy atom. The molecular formula is C21H29FN2O4S. The molecule has 0 radical (unpaired) electrons. The van der Waals surface area contributed by atoms with Gasteiger partial charge in [0.15, 0.2) is 0 Å². The van der Waals surface area contributed by atoms with Crippen LogP contribution in [0.1, 0.15) is 44.9 Å². The second-order valence-electron chi connectivity index (χ2n) is 8.54. The minimum Gasteiger partial charge on any atom is -0.375 e. The highest BCUT2D eigenvalue weighted by Crippen LogP contribution is 2.40. The normalized spacial score (nSPS) is 25.4. The van der Waals surface area contributed by atoms with Gasteiger partial charge in [-0.3, -0.25) is 4.79 Å². The number of rotatable bonds is 4. The van der Waals surface area contributed by atoms with Crippen LogP contribution in [0, 0.1) is 11.7 Å². The molecule has 0 aliphatic carbocycles. The number of halogens is 1. The number of sulfonamides is 1. The average Bonchev–Trinajstić information content (AvgIpc) is 3.23. The molecule has 1 amide bonds. The summed E-state index contributed by atoms with van der Waals surface area (Å²) in [5.74, 6) is -0.0143. The van der Waals surface area contributed by atoms with Crippen molar-refractivity contribution < 1.29 is 22.3 Å². The van der Waals surface area contributed by atoms with Crippen LogP contribution in [0.2, 0.25) is 0 Å². The van der Waals surface area contributed by atoms with Crippen molar-refractivity contribution in [3.05, 3.63) is 30.1 Å².